The Balaban J connectivity index is 0.00000211. The predicted molar refractivity (Wildman–Crippen MR) is 91.3 cm³/mol. The molecule has 4 heteroatoms. The Bertz CT molecular complexity index is 367. The number of methoxy groups -OCH3 is 1. The van der Waals surface area contributed by atoms with Crippen molar-refractivity contribution in [1.82, 2.24) is 0 Å². The summed E-state index contributed by atoms with van der Waals surface area (Å²) in [5.74, 6) is -0.570. The Kier molecular flexibility index (Phi) is 10.8. The van der Waals surface area contributed by atoms with E-state index >= 15 is 0 Å². The highest BCUT2D eigenvalue weighted by Gasteiger charge is 2.35. The summed E-state index contributed by atoms with van der Waals surface area (Å²) in [6.45, 7) is 8.00. The monoisotopic (exact) mass is 311 g/mol. The third-order valence-electron chi connectivity index (χ3n) is 4.39. The van der Waals surface area contributed by atoms with Crippen LogP contribution in [0.4, 0.5) is 0 Å². The van der Waals surface area contributed by atoms with Crippen LogP contribution in [0.1, 0.15) is 66.2 Å². The lowest BCUT2D eigenvalue weighted by Gasteiger charge is -2.24. The summed E-state index contributed by atoms with van der Waals surface area (Å²) in [4.78, 5) is 28.6. The van der Waals surface area contributed by atoms with E-state index < -0.39 is 11.9 Å². The zero-order valence-corrected chi connectivity index (χ0v) is 15.1. The minimum atomic E-state index is -0.813. The second-order valence-electron chi connectivity index (χ2n) is 5.89. The van der Waals surface area contributed by atoms with Crippen molar-refractivity contribution in [3.63, 3.8) is 0 Å². The van der Waals surface area contributed by atoms with Gasteiger partial charge < -0.3 is 4.74 Å². The fourth-order valence-corrected chi connectivity index (χ4v) is 2.97. The SMILES string of the molecule is CC.CN=C(C)C(C(=O)OC)C(=O)C1CCCC(C)CCC1. The number of ether oxygens (including phenoxy) is 1. The number of carbonyl (C=O) groups excluding carboxylic acids is 2. The van der Waals surface area contributed by atoms with Gasteiger partial charge in [-0.05, 0) is 25.7 Å². The van der Waals surface area contributed by atoms with E-state index in [2.05, 4.69) is 11.9 Å². The van der Waals surface area contributed by atoms with Crippen molar-refractivity contribution >= 4 is 17.5 Å². The maximum Gasteiger partial charge on any atom is 0.322 e. The van der Waals surface area contributed by atoms with Crippen LogP contribution in [0.5, 0.6) is 0 Å². The molecule has 1 atom stereocenters. The van der Waals surface area contributed by atoms with Crippen LogP contribution in [0.25, 0.3) is 0 Å². The molecule has 22 heavy (non-hydrogen) atoms. The van der Waals surface area contributed by atoms with Crippen molar-refractivity contribution in [2.45, 2.75) is 66.2 Å². The number of Topliss-reactive ketones (excluding diaryl/α,β-unsaturated/α-hetero) is 1. The highest BCUT2D eigenvalue weighted by Crippen LogP contribution is 2.28. The van der Waals surface area contributed by atoms with Gasteiger partial charge in [-0.1, -0.05) is 46.5 Å². The Morgan fingerprint density at radius 3 is 2.00 bits per heavy atom. The summed E-state index contributed by atoms with van der Waals surface area (Å²) in [6, 6.07) is 0. The molecule has 0 spiro atoms. The third-order valence-corrected chi connectivity index (χ3v) is 4.39. The number of hydrogen-bond acceptors (Lipinski definition) is 4. The summed E-state index contributed by atoms with van der Waals surface area (Å²) < 4.78 is 4.78. The summed E-state index contributed by atoms with van der Waals surface area (Å²) in [6.07, 6.45) is 6.24. The molecule has 0 saturated heterocycles. The van der Waals surface area contributed by atoms with Gasteiger partial charge in [0.25, 0.3) is 0 Å². The molecule has 128 valence electrons. The van der Waals surface area contributed by atoms with Gasteiger partial charge in [-0.2, -0.15) is 0 Å². The van der Waals surface area contributed by atoms with E-state index in [4.69, 9.17) is 4.74 Å². The van der Waals surface area contributed by atoms with Crippen LogP contribution in [0, 0.1) is 17.8 Å². The highest BCUT2D eigenvalue weighted by atomic mass is 16.5. The lowest BCUT2D eigenvalue weighted by Crippen LogP contribution is -2.36. The molecule has 0 heterocycles. The molecule has 0 amide bonds. The second kappa shape index (κ2) is 11.4. The average Bonchev–Trinajstić information content (AvgIpc) is 2.52. The molecular formula is C18H33NO3. The van der Waals surface area contributed by atoms with Crippen molar-refractivity contribution in [3.05, 3.63) is 0 Å². The standard InChI is InChI=1S/C16H27NO3.C2H6/c1-11-7-5-9-13(10-6-8-11)15(18)14(12(2)17-3)16(19)20-4;1-2/h11,13-14H,5-10H2,1-4H3;1-2H3. The molecule has 1 rings (SSSR count). The molecule has 0 aromatic rings. The Morgan fingerprint density at radius 1 is 1.09 bits per heavy atom. The van der Waals surface area contributed by atoms with E-state index in [1.54, 1.807) is 14.0 Å². The summed E-state index contributed by atoms with van der Waals surface area (Å²) in [5.41, 5.74) is 0.553. The number of ketones is 1. The predicted octanol–water partition coefficient (Wildman–Crippen LogP) is 4.07. The molecular weight excluding hydrogens is 278 g/mol. The molecule has 1 aliphatic rings. The normalized spacial score (nSPS) is 24.2. The van der Waals surface area contributed by atoms with Gasteiger partial charge >= 0.3 is 5.97 Å². The second-order valence-corrected chi connectivity index (χ2v) is 5.89. The third kappa shape index (κ3) is 6.29. The van der Waals surface area contributed by atoms with E-state index in [0.717, 1.165) is 31.6 Å². The number of nitrogens with zero attached hydrogens (tertiary/aromatic N) is 1. The van der Waals surface area contributed by atoms with Crippen LogP contribution >= 0.6 is 0 Å². The lowest BCUT2D eigenvalue weighted by atomic mass is 9.80. The molecule has 1 saturated carbocycles. The van der Waals surface area contributed by atoms with Gasteiger partial charge in [-0.3, -0.25) is 14.6 Å². The van der Waals surface area contributed by atoms with E-state index in [9.17, 15) is 9.59 Å². The van der Waals surface area contributed by atoms with Crippen molar-refractivity contribution < 1.29 is 14.3 Å². The van der Waals surface area contributed by atoms with Gasteiger partial charge in [0.05, 0.1) is 7.11 Å². The van der Waals surface area contributed by atoms with Gasteiger partial charge in [0.15, 0.2) is 11.7 Å². The van der Waals surface area contributed by atoms with Crippen LogP contribution in [0.3, 0.4) is 0 Å². The molecule has 0 aliphatic heterocycles. The van der Waals surface area contributed by atoms with E-state index in [1.165, 1.54) is 20.0 Å². The fourth-order valence-electron chi connectivity index (χ4n) is 2.97. The molecule has 1 fully saturated rings. The zero-order valence-electron chi connectivity index (χ0n) is 15.1. The van der Waals surface area contributed by atoms with Crippen molar-refractivity contribution in [2.24, 2.45) is 22.7 Å². The number of hydrogen-bond donors (Lipinski definition) is 0. The minimum absolute atomic E-state index is 0.00509. The summed E-state index contributed by atoms with van der Waals surface area (Å²) >= 11 is 0. The van der Waals surface area contributed by atoms with Crippen LogP contribution in [0.15, 0.2) is 4.99 Å². The minimum Gasteiger partial charge on any atom is -0.468 e. The average molecular weight is 311 g/mol. The van der Waals surface area contributed by atoms with Crippen LogP contribution in [-0.4, -0.2) is 31.6 Å². The number of rotatable bonds is 4. The Labute approximate surface area is 135 Å². The van der Waals surface area contributed by atoms with Crippen LogP contribution in [-0.2, 0) is 14.3 Å². The molecule has 0 aromatic carbocycles. The Hall–Kier alpha value is -1.19. The van der Waals surface area contributed by atoms with E-state index in [1.807, 2.05) is 13.8 Å². The quantitative estimate of drug-likeness (QED) is 0.447. The van der Waals surface area contributed by atoms with E-state index in [-0.39, 0.29) is 11.7 Å². The number of aliphatic imine (C=N–C) groups is 1. The molecule has 1 aliphatic carbocycles. The summed E-state index contributed by atoms with van der Waals surface area (Å²) in [7, 11) is 2.93. The lowest BCUT2D eigenvalue weighted by molar-refractivity contribution is -0.147. The molecule has 1 unspecified atom stereocenters. The molecule has 0 radical (unpaired) electrons. The highest BCUT2D eigenvalue weighted by molar-refractivity contribution is 6.18. The molecule has 0 N–H and O–H groups in total. The van der Waals surface area contributed by atoms with Crippen molar-refractivity contribution in [2.75, 3.05) is 14.2 Å². The first kappa shape index (κ1) is 20.8. The fraction of sp³-hybridized carbons (Fsp3) is 0.833. The maximum absolute atomic E-state index is 12.7. The molecule has 0 bridgehead atoms. The van der Waals surface area contributed by atoms with Gasteiger partial charge in [0, 0.05) is 18.7 Å². The van der Waals surface area contributed by atoms with Gasteiger partial charge in [-0.25, -0.2) is 0 Å². The first-order chi connectivity index (χ1) is 10.5. The maximum atomic E-state index is 12.7. The van der Waals surface area contributed by atoms with Gasteiger partial charge in [0.1, 0.15) is 0 Å². The van der Waals surface area contributed by atoms with Gasteiger partial charge in [0.2, 0.25) is 0 Å². The Morgan fingerprint density at radius 2 is 1.59 bits per heavy atom. The summed E-state index contributed by atoms with van der Waals surface area (Å²) in [5, 5.41) is 0. The first-order valence-electron chi connectivity index (χ1n) is 8.56. The zero-order chi connectivity index (χ0) is 17.1. The largest absolute Gasteiger partial charge is 0.468 e. The molecule has 0 aromatic heterocycles. The van der Waals surface area contributed by atoms with E-state index in [0.29, 0.717) is 5.71 Å². The van der Waals surface area contributed by atoms with Crippen LogP contribution in [0.2, 0.25) is 0 Å². The number of esters is 1. The van der Waals surface area contributed by atoms with Gasteiger partial charge in [-0.15, -0.1) is 0 Å². The van der Waals surface area contributed by atoms with Crippen molar-refractivity contribution in [1.29, 1.82) is 0 Å². The van der Waals surface area contributed by atoms with Crippen molar-refractivity contribution in [3.8, 4) is 0 Å². The molecule has 4 nitrogen and oxygen atoms in total. The first-order valence-corrected chi connectivity index (χ1v) is 8.56. The number of carbonyl (C=O) groups is 2. The van der Waals surface area contributed by atoms with Crippen LogP contribution < -0.4 is 0 Å². The topological polar surface area (TPSA) is 55.7 Å². The smallest absolute Gasteiger partial charge is 0.322 e.